The Morgan fingerprint density at radius 1 is 1.07 bits per heavy atom. The zero-order valence-electron chi connectivity index (χ0n) is 15.4. The van der Waals surface area contributed by atoms with Crippen molar-refractivity contribution in [2.45, 2.75) is 39.0 Å². The molecular weight excluding hydrogens is 352 g/mol. The molecule has 0 spiro atoms. The number of unbranched alkanes of at least 4 members (excludes halogenated alkanes) is 2. The van der Waals surface area contributed by atoms with Crippen LogP contribution in [0.1, 0.15) is 48.7 Å². The van der Waals surface area contributed by atoms with Gasteiger partial charge in [-0.3, -0.25) is 4.79 Å². The van der Waals surface area contributed by atoms with E-state index in [0.29, 0.717) is 13.2 Å². The van der Waals surface area contributed by atoms with Gasteiger partial charge in [0.2, 0.25) is 16.9 Å². The van der Waals surface area contributed by atoms with Crippen LogP contribution in [0.4, 0.5) is 0 Å². The zero-order valence-corrected chi connectivity index (χ0v) is 15.4. The second kappa shape index (κ2) is 11.7. The molecule has 0 unspecified atom stereocenters. The summed E-state index contributed by atoms with van der Waals surface area (Å²) in [6.45, 7) is 3.15. The number of carbonyl (C=O) groups is 1. The Labute approximate surface area is 157 Å². The molecule has 148 valence electrons. The lowest BCUT2D eigenvalue weighted by molar-refractivity contribution is 0.0658. The number of carboxylic acid groups (broad SMARTS) is 1. The summed E-state index contributed by atoms with van der Waals surface area (Å²) in [6.07, 6.45) is 5.68. The van der Waals surface area contributed by atoms with Gasteiger partial charge in [0.05, 0.1) is 13.2 Å². The van der Waals surface area contributed by atoms with E-state index in [1.165, 1.54) is 5.56 Å². The standard InChI is InChI=1S/C20H24O6.H2O/c1-2-8-15-9-4-5-10-17(15)24-11-6-3-7-12-25-19-14-26-18(20(22)23)13-16(19)21;/h4-5,9-10,13-14H,2-3,6-8,11-12H2,1H3,(H,22,23);1H2. The number of para-hydroxylation sites is 1. The Balaban J connectivity index is 0.00000364. The third kappa shape index (κ3) is 7.15. The van der Waals surface area contributed by atoms with Gasteiger partial charge in [0.25, 0.3) is 0 Å². The number of carboxylic acids is 1. The smallest absolute Gasteiger partial charge is 0.371 e. The van der Waals surface area contributed by atoms with Crippen LogP contribution in [-0.4, -0.2) is 29.8 Å². The van der Waals surface area contributed by atoms with Gasteiger partial charge >= 0.3 is 5.97 Å². The Morgan fingerprint density at radius 2 is 1.74 bits per heavy atom. The molecule has 0 radical (unpaired) electrons. The fraction of sp³-hybridized carbons (Fsp3) is 0.400. The van der Waals surface area contributed by atoms with E-state index in [4.69, 9.17) is 19.0 Å². The highest BCUT2D eigenvalue weighted by atomic mass is 16.5. The van der Waals surface area contributed by atoms with E-state index < -0.39 is 17.2 Å². The number of ether oxygens (including phenoxy) is 2. The molecule has 1 aromatic heterocycles. The minimum Gasteiger partial charge on any atom is -0.493 e. The highest BCUT2D eigenvalue weighted by Gasteiger charge is 2.10. The van der Waals surface area contributed by atoms with Gasteiger partial charge in [0, 0.05) is 6.07 Å². The third-order valence-electron chi connectivity index (χ3n) is 3.80. The Bertz CT molecular complexity index is 767. The number of hydrogen-bond donors (Lipinski definition) is 1. The number of rotatable bonds is 11. The van der Waals surface area contributed by atoms with Crippen LogP contribution in [0.3, 0.4) is 0 Å². The van der Waals surface area contributed by atoms with Crippen molar-refractivity contribution in [3.05, 3.63) is 58.1 Å². The van der Waals surface area contributed by atoms with E-state index in [2.05, 4.69) is 13.0 Å². The van der Waals surface area contributed by atoms with Crippen molar-refractivity contribution >= 4 is 5.97 Å². The first kappa shape index (κ1) is 22.2. The summed E-state index contributed by atoms with van der Waals surface area (Å²) in [5.74, 6) is -0.710. The van der Waals surface area contributed by atoms with E-state index in [1.54, 1.807) is 0 Å². The van der Waals surface area contributed by atoms with Crippen molar-refractivity contribution in [3.8, 4) is 11.5 Å². The van der Waals surface area contributed by atoms with Gasteiger partial charge < -0.3 is 24.5 Å². The fourth-order valence-electron chi connectivity index (χ4n) is 2.48. The lowest BCUT2D eigenvalue weighted by Gasteiger charge is -2.11. The monoisotopic (exact) mass is 378 g/mol. The van der Waals surface area contributed by atoms with Crippen LogP contribution < -0.4 is 14.9 Å². The molecule has 7 nitrogen and oxygen atoms in total. The van der Waals surface area contributed by atoms with E-state index in [1.807, 2.05) is 18.2 Å². The van der Waals surface area contributed by atoms with Gasteiger partial charge in [0.15, 0.2) is 0 Å². The fourth-order valence-corrected chi connectivity index (χ4v) is 2.48. The van der Waals surface area contributed by atoms with Crippen molar-refractivity contribution in [1.29, 1.82) is 0 Å². The average Bonchev–Trinajstić information content (AvgIpc) is 2.63. The largest absolute Gasteiger partial charge is 0.493 e. The summed E-state index contributed by atoms with van der Waals surface area (Å²) in [4.78, 5) is 22.4. The van der Waals surface area contributed by atoms with E-state index in [0.717, 1.165) is 50.2 Å². The van der Waals surface area contributed by atoms with Gasteiger partial charge in [0.1, 0.15) is 12.0 Å². The summed E-state index contributed by atoms with van der Waals surface area (Å²) >= 11 is 0. The van der Waals surface area contributed by atoms with Crippen LogP contribution in [0.5, 0.6) is 11.5 Å². The van der Waals surface area contributed by atoms with Crippen molar-refractivity contribution in [1.82, 2.24) is 0 Å². The molecule has 0 aliphatic heterocycles. The Morgan fingerprint density at radius 3 is 2.37 bits per heavy atom. The first-order valence-electron chi connectivity index (χ1n) is 8.81. The topological polar surface area (TPSA) is 117 Å². The summed E-state index contributed by atoms with van der Waals surface area (Å²) in [6, 6.07) is 9.00. The molecule has 0 amide bonds. The predicted molar refractivity (Wildman–Crippen MR) is 101 cm³/mol. The summed E-state index contributed by atoms with van der Waals surface area (Å²) in [5, 5.41) is 8.74. The van der Waals surface area contributed by atoms with E-state index in [-0.39, 0.29) is 11.2 Å². The van der Waals surface area contributed by atoms with E-state index in [9.17, 15) is 9.59 Å². The molecule has 0 bridgehead atoms. The zero-order chi connectivity index (χ0) is 18.8. The minimum atomic E-state index is -1.28. The second-order valence-electron chi connectivity index (χ2n) is 5.89. The number of aryl methyl sites for hydroxylation is 1. The van der Waals surface area contributed by atoms with Crippen molar-refractivity contribution in [3.63, 3.8) is 0 Å². The molecule has 0 aliphatic rings. The molecule has 7 heteroatoms. The van der Waals surface area contributed by atoms with Crippen LogP contribution >= 0.6 is 0 Å². The molecule has 2 aromatic rings. The van der Waals surface area contributed by atoms with Crippen LogP contribution in [-0.2, 0) is 6.42 Å². The molecule has 0 atom stereocenters. The molecule has 27 heavy (non-hydrogen) atoms. The highest BCUT2D eigenvalue weighted by Crippen LogP contribution is 2.19. The third-order valence-corrected chi connectivity index (χ3v) is 3.80. The molecule has 1 aromatic carbocycles. The maximum absolute atomic E-state index is 11.7. The minimum absolute atomic E-state index is 0. The van der Waals surface area contributed by atoms with Crippen molar-refractivity contribution < 1.29 is 29.3 Å². The molecule has 1 heterocycles. The molecule has 0 saturated carbocycles. The second-order valence-corrected chi connectivity index (χ2v) is 5.89. The van der Waals surface area contributed by atoms with Gasteiger partial charge in [-0.2, -0.15) is 0 Å². The van der Waals surface area contributed by atoms with Crippen LogP contribution in [0.25, 0.3) is 0 Å². The van der Waals surface area contributed by atoms with E-state index >= 15 is 0 Å². The molecule has 2 rings (SSSR count). The number of hydrogen-bond acceptors (Lipinski definition) is 5. The summed E-state index contributed by atoms with van der Waals surface area (Å²) in [5.41, 5.74) is 0.736. The molecule has 0 saturated heterocycles. The quantitative estimate of drug-likeness (QED) is 0.600. The number of benzene rings is 1. The van der Waals surface area contributed by atoms with Crippen molar-refractivity contribution in [2.75, 3.05) is 13.2 Å². The molecule has 0 fully saturated rings. The van der Waals surface area contributed by atoms with Gasteiger partial charge in [-0.1, -0.05) is 31.5 Å². The molecular formula is C20H26O7. The average molecular weight is 378 g/mol. The first-order valence-corrected chi connectivity index (χ1v) is 8.81. The molecule has 3 N–H and O–H groups in total. The van der Waals surface area contributed by atoms with Gasteiger partial charge in [-0.15, -0.1) is 0 Å². The van der Waals surface area contributed by atoms with Crippen LogP contribution in [0, 0.1) is 0 Å². The number of aromatic carboxylic acids is 1. The Kier molecular flexibility index (Phi) is 9.68. The SMILES string of the molecule is CCCc1ccccc1OCCCCCOc1coc(C(=O)O)cc1=O.O. The van der Waals surface area contributed by atoms with Gasteiger partial charge in [-0.05, 0) is 37.3 Å². The highest BCUT2D eigenvalue weighted by molar-refractivity contribution is 5.84. The first-order chi connectivity index (χ1) is 12.6. The maximum Gasteiger partial charge on any atom is 0.371 e. The van der Waals surface area contributed by atoms with Crippen LogP contribution in [0.15, 0.2) is 45.8 Å². The predicted octanol–water partition coefficient (Wildman–Crippen LogP) is 3.09. The lowest BCUT2D eigenvalue weighted by Crippen LogP contribution is -2.11. The summed E-state index contributed by atoms with van der Waals surface area (Å²) in [7, 11) is 0. The summed E-state index contributed by atoms with van der Waals surface area (Å²) < 4.78 is 16.0. The van der Waals surface area contributed by atoms with Gasteiger partial charge in [-0.25, -0.2) is 4.79 Å². The molecule has 0 aliphatic carbocycles. The van der Waals surface area contributed by atoms with Crippen LogP contribution in [0.2, 0.25) is 0 Å². The lowest BCUT2D eigenvalue weighted by atomic mass is 10.1. The van der Waals surface area contributed by atoms with Crippen molar-refractivity contribution in [2.24, 2.45) is 0 Å². The Hall–Kier alpha value is -2.80. The maximum atomic E-state index is 11.7. The normalized spacial score (nSPS) is 10.1.